The summed E-state index contributed by atoms with van der Waals surface area (Å²) in [5.74, 6) is 0. The van der Waals surface area contributed by atoms with Gasteiger partial charge in [0.2, 0.25) is 0 Å². The van der Waals surface area contributed by atoms with Gasteiger partial charge in [-0.2, -0.15) is 0 Å². The van der Waals surface area contributed by atoms with Crippen LogP contribution in [0.5, 0.6) is 0 Å². The summed E-state index contributed by atoms with van der Waals surface area (Å²) in [5.41, 5.74) is 4.54. The van der Waals surface area contributed by atoms with Gasteiger partial charge in [0.1, 0.15) is 0 Å². The van der Waals surface area contributed by atoms with Gasteiger partial charge in [0.15, 0.2) is 0 Å². The van der Waals surface area contributed by atoms with Crippen LogP contribution < -0.4 is 0 Å². The molecule has 8 heteroatoms. The third-order valence-corrected chi connectivity index (χ3v) is 13.2. The van der Waals surface area contributed by atoms with Crippen LogP contribution in [0.25, 0.3) is 11.1 Å². The van der Waals surface area contributed by atoms with E-state index >= 15 is 0 Å². The Labute approximate surface area is 196 Å². The van der Waals surface area contributed by atoms with Crippen molar-refractivity contribution in [2.75, 3.05) is 0 Å². The lowest BCUT2D eigenvalue weighted by Gasteiger charge is -2.20. The van der Waals surface area contributed by atoms with Crippen LogP contribution in [0.4, 0.5) is 0 Å². The van der Waals surface area contributed by atoms with Gasteiger partial charge in [0.05, 0.1) is 0 Å². The molecule has 0 saturated heterocycles. The van der Waals surface area contributed by atoms with Gasteiger partial charge in [-0.3, -0.25) is 0 Å². The summed E-state index contributed by atoms with van der Waals surface area (Å²) >= 11 is 29.3. The second-order valence-electron chi connectivity index (χ2n) is 4.51. The molecule has 0 bridgehead atoms. The second-order valence-corrected chi connectivity index (χ2v) is 10.9. The summed E-state index contributed by atoms with van der Waals surface area (Å²) in [6.45, 7) is 4.19. The minimum Gasteiger partial charge on any atom is -0.0492 e. The number of halogens is 8. The van der Waals surface area contributed by atoms with Crippen molar-refractivity contribution in [1.82, 2.24) is 0 Å². The highest BCUT2D eigenvalue weighted by molar-refractivity contribution is 9.15. The minimum atomic E-state index is 0.974. The smallest absolute Gasteiger partial charge is 0.0477 e. The van der Waals surface area contributed by atoms with Crippen LogP contribution in [0.2, 0.25) is 0 Å². The Balaban J connectivity index is 3.03. The van der Waals surface area contributed by atoms with Crippen molar-refractivity contribution < 1.29 is 0 Å². The largest absolute Gasteiger partial charge is 0.0492 e. The van der Waals surface area contributed by atoms with E-state index in [9.17, 15) is 0 Å². The standard InChI is InChI=1S/C14H6Br8/c1-3-5(9(17)13(21)11(19)7(3)15)6-4(2)8(16)12(20)14(22)10(6)18/h1-2H3. The topological polar surface area (TPSA) is 0 Å². The Bertz CT molecular complexity index is 669. The molecule has 118 valence electrons. The van der Waals surface area contributed by atoms with Crippen LogP contribution in [-0.2, 0) is 0 Å². The Morgan fingerprint density at radius 3 is 0.864 bits per heavy atom. The average molecular weight is 813 g/mol. The van der Waals surface area contributed by atoms with Gasteiger partial charge in [-0.05, 0) is 152 Å². The van der Waals surface area contributed by atoms with Crippen LogP contribution in [0, 0.1) is 13.8 Å². The SMILES string of the molecule is Cc1c(Br)c(Br)c(Br)c(Br)c1-c1c(C)c(Br)c(Br)c(Br)c1Br. The summed E-state index contributed by atoms with van der Waals surface area (Å²) in [5, 5.41) is 0. The molecule has 0 atom stereocenters. The molecule has 0 spiro atoms. The Morgan fingerprint density at radius 1 is 0.364 bits per heavy atom. The highest BCUT2D eigenvalue weighted by Gasteiger charge is 2.24. The zero-order chi connectivity index (χ0) is 16.9. The zero-order valence-corrected chi connectivity index (χ0v) is 23.7. The number of rotatable bonds is 1. The molecule has 0 nitrogen and oxygen atoms in total. The molecule has 0 aliphatic rings. The van der Waals surface area contributed by atoms with Gasteiger partial charge >= 0.3 is 0 Å². The summed E-state index contributed by atoms with van der Waals surface area (Å²) < 4.78 is 7.99. The molecule has 0 saturated carbocycles. The predicted octanol–water partition coefficient (Wildman–Crippen LogP) is 10.1. The lowest BCUT2D eigenvalue weighted by Crippen LogP contribution is -1.96. The van der Waals surface area contributed by atoms with Crippen LogP contribution in [0.1, 0.15) is 11.1 Å². The van der Waals surface area contributed by atoms with Crippen molar-refractivity contribution in [3.8, 4) is 11.1 Å². The maximum Gasteiger partial charge on any atom is 0.0477 e. The molecule has 2 aromatic rings. The van der Waals surface area contributed by atoms with Crippen LogP contribution >= 0.6 is 127 Å². The zero-order valence-electron chi connectivity index (χ0n) is 11.0. The quantitative estimate of drug-likeness (QED) is 0.199. The molecular weight excluding hydrogens is 807 g/mol. The van der Waals surface area contributed by atoms with Gasteiger partial charge < -0.3 is 0 Å². The molecule has 0 radical (unpaired) electrons. The monoisotopic (exact) mass is 805 g/mol. The van der Waals surface area contributed by atoms with E-state index in [1.165, 1.54) is 0 Å². The first-order valence-electron chi connectivity index (χ1n) is 5.76. The number of benzene rings is 2. The van der Waals surface area contributed by atoms with Gasteiger partial charge in [0, 0.05) is 46.9 Å². The fourth-order valence-corrected chi connectivity index (χ4v) is 7.11. The Hall–Kier alpha value is 2.28. The molecule has 0 aliphatic heterocycles. The van der Waals surface area contributed by atoms with E-state index in [-0.39, 0.29) is 0 Å². The fourth-order valence-electron chi connectivity index (χ4n) is 2.08. The molecule has 22 heavy (non-hydrogen) atoms. The molecule has 0 aliphatic carbocycles. The predicted molar refractivity (Wildman–Crippen MR) is 123 cm³/mol. The summed E-state index contributed by atoms with van der Waals surface area (Å²) in [6, 6.07) is 0. The maximum atomic E-state index is 3.73. The van der Waals surface area contributed by atoms with E-state index in [0.29, 0.717) is 0 Å². The van der Waals surface area contributed by atoms with E-state index in [1.807, 2.05) is 0 Å². The van der Waals surface area contributed by atoms with Crippen molar-refractivity contribution >= 4 is 127 Å². The molecule has 0 heterocycles. The second kappa shape index (κ2) is 7.89. The van der Waals surface area contributed by atoms with Gasteiger partial charge in [-0.15, -0.1) is 0 Å². The fraction of sp³-hybridized carbons (Fsp3) is 0.143. The van der Waals surface area contributed by atoms with Crippen molar-refractivity contribution in [1.29, 1.82) is 0 Å². The van der Waals surface area contributed by atoms with Crippen molar-refractivity contribution in [3.63, 3.8) is 0 Å². The van der Waals surface area contributed by atoms with E-state index in [0.717, 1.165) is 58.0 Å². The summed E-state index contributed by atoms with van der Waals surface area (Å²) in [6.07, 6.45) is 0. The van der Waals surface area contributed by atoms with E-state index in [1.54, 1.807) is 0 Å². The third-order valence-electron chi connectivity index (χ3n) is 3.25. The Morgan fingerprint density at radius 2 is 0.591 bits per heavy atom. The minimum absolute atomic E-state index is 0.974. The molecule has 0 aromatic heterocycles. The lowest BCUT2D eigenvalue weighted by atomic mass is 9.97. The Kier molecular flexibility index (Phi) is 7.38. The van der Waals surface area contributed by atoms with E-state index in [2.05, 4.69) is 141 Å². The van der Waals surface area contributed by atoms with Crippen LogP contribution in [0.3, 0.4) is 0 Å². The summed E-state index contributed by atoms with van der Waals surface area (Å²) in [4.78, 5) is 0. The number of hydrogen-bond donors (Lipinski definition) is 0. The van der Waals surface area contributed by atoms with Gasteiger partial charge in [-0.1, -0.05) is 0 Å². The van der Waals surface area contributed by atoms with Crippen molar-refractivity contribution in [2.24, 2.45) is 0 Å². The highest BCUT2D eigenvalue weighted by atomic mass is 79.9. The first-order valence-corrected chi connectivity index (χ1v) is 12.1. The lowest BCUT2D eigenvalue weighted by molar-refractivity contribution is 1.30. The third kappa shape index (κ3) is 3.42. The van der Waals surface area contributed by atoms with E-state index in [4.69, 9.17) is 0 Å². The highest BCUT2D eigenvalue weighted by Crippen LogP contribution is 2.52. The van der Waals surface area contributed by atoms with Gasteiger partial charge in [0.25, 0.3) is 0 Å². The molecule has 0 N–H and O–H groups in total. The van der Waals surface area contributed by atoms with Crippen LogP contribution in [-0.4, -0.2) is 0 Å². The molecule has 0 amide bonds. The molecule has 0 fully saturated rings. The number of hydrogen-bond acceptors (Lipinski definition) is 0. The van der Waals surface area contributed by atoms with Gasteiger partial charge in [-0.25, -0.2) is 0 Å². The first-order chi connectivity index (χ1) is 10.1. The molecule has 2 aromatic carbocycles. The average Bonchev–Trinajstić information content (AvgIpc) is 2.50. The molecule has 2 rings (SSSR count). The van der Waals surface area contributed by atoms with Crippen molar-refractivity contribution in [2.45, 2.75) is 13.8 Å². The summed E-state index contributed by atoms with van der Waals surface area (Å²) in [7, 11) is 0. The molecule has 0 unspecified atom stereocenters. The first kappa shape index (κ1) is 20.6. The van der Waals surface area contributed by atoms with Crippen molar-refractivity contribution in [3.05, 3.63) is 46.9 Å². The van der Waals surface area contributed by atoms with Crippen LogP contribution in [0.15, 0.2) is 35.8 Å². The molecular formula is C14H6Br8. The normalized spacial score (nSPS) is 11.2. The van der Waals surface area contributed by atoms with E-state index < -0.39 is 0 Å². The maximum absolute atomic E-state index is 3.73.